The van der Waals surface area contributed by atoms with E-state index in [2.05, 4.69) is 10.1 Å². The zero-order chi connectivity index (χ0) is 18.4. The van der Waals surface area contributed by atoms with E-state index in [0.29, 0.717) is 23.8 Å². The van der Waals surface area contributed by atoms with Crippen LogP contribution in [0.5, 0.6) is 0 Å². The van der Waals surface area contributed by atoms with E-state index in [4.69, 9.17) is 11.6 Å². The van der Waals surface area contributed by atoms with Gasteiger partial charge in [0.2, 0.25) is 0 Å². The first-order valence-corrected chi connectivity index (χ1v) is 9.25. The molecule has 0 saturated heterocycles. The molecule has 2 aromatic carbocycles. The van der Waals surface area contributed by atoms with Crippen LogP contribution in [0, 0.1) is 0 Å². The maximum atomic E-state index is 13.0. The number of fused-ring (bicyclic) bond motifs is 2. The number of benzene rings is 2. The minimum Gasteiger partial charge on any atom is -0.351 e. The molecule has 27 heavy (non-hydrogen) atoms. The number of amides is 1. The third-order valence-corrected chi connectivity index (χ3v) is 5.27. The molecule has 0 fully saturated rings. The predicted molar refractivity (Wildman–Crippen MR) is 105 cm³/mol. The zero-order valence-electron chi connectivity index (χ0n) is 14.5. The summed E-state index contributed by atoms with van der Waals surface area (Å²) in [5.74, 6) is 0.000401. The highest BCUT2D eigenvalue weighted by Gasteiger charge is 2.26. The number of hydrogen-bond donors (Lipinski definition) is 1. The second-order valence-electron chi connectivity index (χ2n) is 6.76. The minimum absolute atomic E-state index is 0.000401. The first-order chi connectivity index (χ1) is 13.2. The van der Waals surface area contributed by atoms with E-state index < -0.39 is 0 Å². The number of aromatic nitrogens is 3. The summed E-state index contributed by atoms with van der Waals surface area (Å²) in [6, 6.07) is 17.5. The Balaban J connectivity index is 1.42. The Morgan fingerprint density at radius 1 is 1.11 bits per heavy atom. The van der Waals surface area contributed by atoms with Crippen LogP contribution in [0.25, 0.3) is 16.6 Å². The van der Waals surface area contributed by atoms with Gasteiger partial charge < -0.3 is 9.88 Å². The highest BCUT2D eigenvalue weighted by Crippen LogP contribution is 2.25. The fourth-order valence-electron chi connectivity index (χ4n) is 3.69. The normalized spacial score (nSPS) is 13.7. The van der Waals surface area contributed by atoms with Crippen LogP contribution in [0.15, 0.2) is 60.8 Å². The smallest absolute Gasteiger partial charge is 0.270 e. The predicted octanol–water partition coefficient (Wildman–Crippen LogP) is 4.21. The molecule has 0 radical (unpaired) electrons. The lowest BCUT2D eigenvalue weighted by molar-refractivity contribution is 0.0729. The van der Waals surface area contributed by atoms with Gasteiger partial charge in [0.15, 0.2) is 0 Å². The molecule has 1 N–H and O–H groups in total. The van der Waals surface area contributed by atoms with Gasteiger partial charge in [0.05, 0.1) is 17.6 Å². The average Bonchev–Trinajstić information content (AvgIpc) is 3.31. The summed E-state index contributed by atoms with van der Waals surface area (Å²) in [5.41, 5.74) is 4.82. The Bertz CT molecular complexity index is 1150. The molecular weight excluding hydrogens is 360 g/mol. The molecule has 0 unspecified atom stereocenters. The van der Waals surface area contributed by atoms with Gasteiger partial charge in [-0.15, -0.1) is 0 Å². The van der Waals surface area contributed by atoms with E-state index in [1.54, 1.807) is 0 Å². The molecule has 3 heterocycles. The number of hydrogen-bond acceptors (Lipinski definition) is 2. The molecule has 2 aromatic heterocycles. The molecular formula is C21H17ClN4O. The van der Waals surface area contributed by atoms with Crippen molar-refractivity contribution >= 4 is 28.4 Å². The van der Waals surface area contributed by atoms with Crippen LogP contribution in [0.4, 0.5) is 0 Å². The van der Waals surface area contributed by atoms with Crippen LogP contribution in [0.1, 0.15) is 21.7 Å². The van der Waals surface area contributed by atoms with Gasteiger partial charge in [-0.2, -0.15) is 5.10 Å². The van der Waals surface area contributed by atoms with Gasteiger partial charge in [0, 0.05) is 41.0 Å². The van der Waals surface area contributed by atoms with E-state index >= 15 is 0 Å². The quantitative estimate of drug-likeness (QED) is 0.570. The van der Waals surface area contributed by atoms with Crippen molar-refractivity contribution in [2.45, 2.75) is 13.0 Å². The van der Waals surface area contributed by atoms with Crippen molar-refractivity contribution in [1.29, 1.82) is 0 Å². The maximum absolute atomic E-state index is 13.0. The summed E-state index contributed by atoms with van der Waals surface area (Å²) in [4.78, 5) is 18.0. The van der Waals surface area contributed by atoms with Crippen molar-refractivity contribution in [1.82, 2.24) is 19.7 Å². The third-order valence-electron chi connectivity index (χ3n) is 5.04. The number of carbonyl (C=O) groups is 1. The van der Waals surface area contributed by atoms with Crippen LogP contribution in [-0.2, 0) is 13.0 Å². The van der Waals surface area contributed by atoms with Crippen LogP contribution < -0.4 is 0 Å². The first kappa shape index (κ1) is 16.1. The van der Waals surface area contributed by atoms with Crippen molar-refractivity contribution in [3.63, 3.8) is 0 Å². The molecule has 0 spiro atoms. The fourth-order valence-corrected chi connectivity index (χ4v) is 3.87. The third kappa shape index (κ3) is 2.80. The number of para-hydroxylation sites is 1. The number of H-pyrrole nitrogens is 1. The van der Waals surface area contributed by atoms with Gasteiger partial charge in [-0.05, 0) is 36.4 Å². The summed E-state index contributed by atoms with van der Waals surface area (Å²) in [7, 11) is 0. The number of nitrogens with one attached hydrogen (secondary N) is 1. The number of aromatic amines is 1. The van der Waals surface area contributed by atoms with E-state index in [1.807, 2.05) is 70.4 Å². The molecule has 134 valence electrons. The molecule has 1 aliphatic heterocycles. The van der Waals surface area contributed by atoms with Crippen molar-refractivity contribution in [2.75, 3.05) is 6.54 Å². The van der Waals surface area contributed by atoms with Crippen LogP contribution >= 0.6 is 11.6 Å². The fraction of sp³-hybridized carbons (Fsp3) is 0.143. The lowest BCUT2D eigenvalue weighted by atomic mass is 10.1. The summed E-state index contributed by atoms with van der Waals surface area (Å²) < 4.78 is 1.97. The highest BCUT2D eigenvalue weighted by molar-refractivity contribution is 6.31. The van der Waals surface area contributed by atoms with Crippen LogP contribution in [-0.4, -0.2) is 32.1 Å². The number of halogens is 1. The summed E-state index contributed by atoms with van der Waals surface area (Å²) in [6.07, 6.45) is 2.65. The van der Waals surface area contributed by atoms with Crippen molar-refractivity contribution in [3.05, 3.63) is 82.8 Å². The molecule has 5 nitrogen and oxygen atoms in total. The Morgan fingerprint density at radius 3 is 2.81 bits per heavy atom. The Labute approximate surface area is 161 Å². The van der Waals surface area contributed by atoms with Crippen LogP contribution in [0.3, 0.4) is 0 Å². The Kier molecular flexibility index (Phi) is 3.76. The van der Waals surface area contributed by atoms with Gasteiger partial charge in [-0.25, -0.2) is 4.68 Å². The standard InChI is InChI=1S/C21H17ClN4O/c22-16-6-7-18-14(10-16)11-19(24-18)21(27)25-9-8-20-15(13-25)12-23-26(20)17-4-2-1-3-5-17/h1-7,10-12,24H,8-9,13H2. The highest BCUT2D eigenvalue weighted by atomic mass is 35.5. The Hall–Kier alpha value is -3.05. The van der Waals surface area contributed by atoms with E-state index in [0.717, 1.165) is 28.6 Å². The average molecular weight is 377 g/mol. The van der Waals surface area contributed by atoms with Crippen LogP contribution in [0.2, 0.25) is 5.02 Å². The number of rotatable bonds is 2. The second kappa shape index (κ2) is 6.28. The van der Waals surface area contributed by atoms with Crippen molar-refractivity contribution < 1.29 is 4.79 Å². The van der Waals surface area contributed by atoms with E-state index in [-0.39, 0.29) is 5.91 Å². The number of carbonyl (C=O) groups excluding carboxylic acids is 1. The monoisotopic (exact) mass is 376 g/mol. The molecule has 0 bridgehead atoms. The molecule has 6 heteroatoms. The molecule has 5 rings (SSSR count). The lowest BCUT2D eigenvalue weighted by Gasteiger charge is -2.27. The van der Waals surface area contributed by atoms with Gasteiger partial charge >= 0.3 is 0 Å². The van der Waals surface area contributed by atoms with E-state index in [9.17, 15) is 4.79 Å². The molecule has 0 saturated carbocycles. The second-order valence-corrected chi connectivity index (χ2v) is 7.19. The largest absolute Gasteiger partial charge is 0.351 e. The first-order valence-electron chi connectivity index (χ1n) is 8.88. The van der Waals surface area contributed by atoms with Crippen molar-refractivity contribution in [3.8, 4) is 5.69 Å². The number of nitrogens with zero attached hydrogens (tertiary/aromatic N) is 3. The Morgan fingerprint density at radius 2 is 1.96 bits per heavy atom. The van der Waals surface area contributed by atoms with Gasteiger partial charge in [0.25, 0.3) is 5.91 Å². The minimum atomic E-state index is 0.000401. The summed E-state index contributed by atoms with van der Waals surface area (Å²) in [6.45, 7) is 1.23. The lowest BCUT2D eigenvalue weighted by Crippen LogP contribution is -2.36. The molecule has 1 aliphatic rings. The summed E-state index contributed by atoms with van der Waals surface area (Å²) in [5, 5.41) is 6.14. The molecule has 4 aromatic rings. The van der Waals surface area contributed by atoms with Gasteiger partial charge in [-0.3, -0.25) is 4.79 Å². The summed E-state index contributed by atoms with van der Waals surface area (Å²) >= 11 is 6.05. The maximum Gasteiger partial charge on any atom is 0.270 e. The SMILES string of the molecule is O=C(c1cc2cc(Cl)ccc2[nH]1)N1CCc2c(cnn2-c2ccccc2)C1. The van der Waals surface area contributed by atoms with Gasteiger partial charge in [-0.1, -0.05) is 29.8 Å². The topological polar surface area (TPSA) is 53.9 Å². The van der Waals surface area contributed by atoms with Crippen molar-refractivity contribution in [2.24, 2.45) is 0 Å². The van der Waals surface area contributed by atoms with E-state index in [1.165, 1.54) is 5.69 Å². The van der Waals surface area contributed by atoms with Gasteiger partial charge in [0.1, 0.15) is 5.69 Å². The zero-order valence-corrected chi connectivity index (χ0v) is 15.3. The molecule has 0 atom stereocenters. The molecule has 0 aliphatic carbocycles. The molecule has 1 amide bonds.